The van der Waals surface area contributed by atoms with E-state index < -0.39 is 0 Å². The van der Waals surface area contributed by atoms with Crippen LogP contribution in [-0.2, 0) is 9.47 Å². The zero-order valence-electron chi connectivity index (χ0n) is 22.7. The molecular weight excluding hydrogens is 507 g/mol. The van der Waals surface area contributed by atoms with E-state index in [1.54, 1.807) is 12.1 Å². The summed E-state index contributed by atoms with van der Waals surface area (Å²) in [5.74, 6) is 0.540. The Balaban J connectivity index is 1.35. The number of nitrogen functional groups attached to an aromatic ring is 1. The number of anilines is 4. The Bertz CT molecular complexity index is 1000. The second-order valence-corrected chi connectivity index (χ2v) is 10.6. The average Bonchev–Trinajstić information content (AvgIpc) is 2.94. The quantitative estimate of drug-likeness (QED) is 0.281. The summed E-state index contributed by atoms with van der Waals surface area (Å²) < 4.78 is 27.3. The van der Waals surface area contributed by atoms with Gasteiger partial charge in [-0.25, -0.2) is 4.39 Å². The number of nitrogens with zero attached hydrogens (tertiary/aromatic N) is 5. The molecule has 0 bridgehead atoms. The topological polar surface area (TPSA) is 80.0 Å². The van der Waals surface area contributed by atoms with Gasteiger partial charge in [-0.15, -0.1) is 10.2 Å². The Kier molecular flexibility index (Phi) is 10.7. The predicted octanol–water partition coefficient (Wildman–Crippen LogP) is 5.35. The minimum atomic E-state index is -0.175. The van der Waals surface area contributed by atoms with Crippen LogP contribution in [0.4, 0.5) is 27.3 Å². The highest BCUT2D eigenvalue weighted by molar-refractivity contribution is 6.29. The molecule has 0 radical (unpaired) electrons. The van der Waals surface area contributed by atoms with Crippen LogP contribution in [0, 0.1) is 11.7 Å². The molecule has 8 nitrogen and oxygen atoms in total. The van der Waals surface area contributed by atoms with Gasteiger partial charge in [-0.05, 0) is 43.9 Å². The summed E-state index contributed by atoms with van der Waals surface area (Å²) in [6.07, 6.45) is 5.98. The van der Waals surface area contributed by atoms with Crippen molar-refractivity contribution in [1.29, 1.82) is 0 Å². The van der Waals surface area contributed by atoms with Gasteiger partial charge < -0.3 is 29.9 Å². The van der Waals surface area contributed by atoms with Crippen LogP contribution in [0.3, 0.4) is 0 Å². The molecule has 2 aliphatic rings. The number of halogens is 2. The van der Waals surface area contributed by atoms with Crippen molar-refractivity contribution >= 4 is 34.5 Å². The number of nitrogens with two attached hydrogens (primary N) is 1. The van der Waals surface area contributed by atoms with Crippen molar-refractivity contribution in [2.75, 3.05) is 72.9 Å². The summed E-state index contributed by atoms with van der Waals surface area (Å²) >= 11 is 6.03. The van der Waals surface area contributed by atoms with E-state index in [0.29, 0.717) is 22.6 Å². The maximum absolute atomic E-state index is 15.0. The van der Waals surface area contributed by atoms with Crippen molar-refractivity contribution in [3.05, 3.63) is 35.2 Å². The molecule has 4 rings (SSSR count). The fourth-order valence-corrected chi connectivity index (χ4v) is 5.33. The fourth-order valence-electron chi connectivity index (χ4n) is 5.19. The van der Waals surface area contributed by atoms with E-state index in [1.807, 2.05) is 12.1 Å². The van der Waals surface area contributed by atoms with Crippen molar-refractivity contribution in [3.63, 3.8) is 0 Å². The van der Waals surface area contributed by atoms with E-state index in [-0.39, 0.29) is 12.1 Å². The number of piperidine rings is 1. The van der Waals surface area contributed by atoms with Crippen LogP contribution in [0.5, 0.6) is 0 Å². The lowest BCUT2D eigenvalue weighted by molar-refractivity contribution is -0.177. The van der Waals surface area contributed by atoms with E-state index in [0.717, 1.165) is 102 Å². The first-order valence-corrected chi connectivity index (χ1v) is 14.4. The van der Waals surface area contributed by atoms with Crippen LogP contribution in [-0.4, -0.2) is 69.0 Å². The summed E-state index contributed by atoms with van der Waals surface area (Å²) in [5, 5.41) is 8.07. The standard InChI is InChI=1S/C28H42ClFN6O2/c1-3-5-17-37-28(38-18-6-4-2)21-9-11-35(12-10-21)24-19-22(7-8-23(24)30)34-13-15-36(16-14-34)25-20-26(29)32-33-27(25)31/h7-8,19-21,28H,3-6,9-18H2,1-2H3,(H2,31,33). The van der Waals surface area contributed by atoms with Crippen LogP contribution in [0.15, 0.2) is 24.3 Å². The van der Waals surface area contributed by atoms with Crippen LogP contribution >= 0.6 is 11.6 Å². The molecule has 2 fully saturated rings. The molecule has 1 aromatic heterocycles. The molecular formula is C28H42ClFN6O2. The van der Waals surface area contributed by atoms with E-state index in [9.17, 15) is 4.39 Å². The fraction of sp³-hybridized carbons (Fsp3) is 0.643. The molecule has 0 spiro atoms. The highest BCUT2D eigenvalue weighted by atomic mass is 35.5. The summed E-state index contributed by atoms with van der Waals surface area (Å²) in [4.78, 5) is 6.63. The monoisotopic (exact) mass is 548 g/mol. The minimum Gasteiger partial charge on any atom is -0.380 e. The number of ether oxygens (including phenoxy) is 2. The van der Waals surface area contributed by atoms with E-state index >= 15 is 0 Å². The van der Waals surface area contributed by atoms with Crippen molar-refractivity contribution in [3.8, 4) is 0 Å². The number of unbranched alkanes of at least 4 members (excludes halogenated alkanes) is 2. The predicted molar refractivity (Wildman–Crippen MR) is 153 cm³/mol. The molecule has 0 unspecified atom stereocenters. The summed E-state index contributed by atoms with van der Waals surface area (Å²) in [7, 11) is 0. The van der Waals surface area contributed by atoms with Gasteiger partial charge in [-0.3, -0.25) is 0 Å². The van der Waals surface area contributed by atoms with Crippen LogP contribution < -0.4 is 20.4 Å². The van der Waals surface area contributed by atoms with Crippen LogP contribution in [0.1, 0.15) is 52.4 Å². The van der Waals surface area contributed by atoms with Gasteiger partial charge >= 0.3 is 0 Å². The Morgan fingerprint density at radius 2 is 1.50 bits per heavy atom. The average molecular weight is 549 g/mol. The molecule has 2 saturated heterocycles. The van der Waals surface area contributed by atoms with Gasteiger partial charge in [-0.1, -0.05) is 38.3 Å². The molecule has 2 aliphatic heterocycles. The lowest BCUT2D eigenvalue weighted by Gasteiger charge is -2.39. The first kappa shape index (κ1) is 28.6. The number of hydrogen-bond donors (Lipinski definition) is 1. The largest absolute Gasteiger partial charge is 0.380 e. The van der Waals surface area contributed by atoms with Crippen LogP contribution in [0.25, 0.3) is 0 Å². The van der Waals surface area contributed by atoms with E-state index in [1.165, 1.54) is 0 Å². The highest BCUT2D eigenvalue weighted by Crippen LogP contribution is 2.33. The SMILES string of the molecule is CCCCOC(OCCCC)C1CCN(c2cc(N3CCN(c4cc(Cl)nnc4N)CC3)ccc2F)CC1. The number of hydrogen-bond acceptors (Lipinski definition) is 8. The molecule has 0 atom stereocenters. The number of benzene rings is 1. The van der Waals surface area contributed by atoms with Gasteiger partial charge in [0.15, 0.2) is 17.3 Å². The van der Waals surface area contributed by atoms with Gasteiger partial charge in [-0.2, -0.15) is 0 Å². The van der Waals surface area contributed by atoms with E-state index in [2.05, 4.69) is 38.7 Å². The Morgan fingerprint density at radius 1 is 0.895 bits per heavy atom. The van der Waals surface area contributed by atoms with E-state index in [4.69, 9.17) is 26.8 Å². The molecule has 10 heteroatoms. The third kappa shape index (κ3) is 7.39. The minimum absolute atomic E-state index is 0.165. The maximum atomic E-state index is 15.0. The molecule has 2 aromatic rings. The van der Waals surface area contributed by atoms with Crippen molar-refractivity contribution in [2.45, 2.75) is 58.7 Å². The lowest BCUT2D eigenvalue weighted by atomic mass is 9.95. The van der Waals surface area contributed by atoms with Crippen LogP contribution in [0.2, 0.25) is 5.15 Å². The van der Waals surface area contributed by atoms with Gasteiger partial charge in [0.1, 0.15) is 5.82 Å². The van der Waals surface area contributed by atoms with Gasteiger partial charge in [0.05, 0.1) is 11.4 Å². The molecule has 0 saturated carbocycles. The number of piperazine rings is 1. The normalized spacial score (nSPS) is 17.0. The molecule has 210 valence electrons. The second-order valence-electron chi connectivity index (χ2n) is 10.2. The molecule has 0 aliphatic carbocycles. The summed E-state index contributed by atoms with van der Waals surface area (Å²) in [6, 6.07) is 7.22. The number of rotatable bonds is 12. The lowest BCUT2D eigenvalue weighted by Crippen LogP contribution is -2.47. The third-order valence-electron chi connectivity index (χ3n) is 7.51. The second kappa shape index (κ2) is 14.1. The van der Waals surface area contributed by atoms with Crippen molar-refractivity contribution in [1.82, 2.24) is 10.2 Å². The highest BCUT2D eigenvalue weighted by Gasteiger charge is 2.29. The van der Waals surface area contributed by atoms with Crippen molar-refractivity contribution < 1.29 is 13.9 Å². The third-order valence-corrected chi connectivity index (χ3v) is 7.70. The summed E-state index contributed by atoms with van der Waals surface area (Å²) in [5.41, 5.74) is 8.54. The molecule has 1 aromatic carbocycles. The Morgan fingerprint density at radius 3 is 2.13 bits per heavy atom. The van der Waals surface area contributed by atoms with Crippen molar-refractivity contribution in [2.24, 2.45) is 5.92 Å². The van der Waals surface area contributed by atoms with Gasteiger partial charge in [0, 0.05) is 70.2 Å². The summed E-state index contributed by atoms with van der Waals surface area (Å²) in [6.45, 7) is 10.5. The molecule has 3 heterocycles. The molecule has 0 amide bonds. The molecule has 2 N–H and O–H groups in total. The zero-order valence-corrected chi connectivity index (χ0v) is 23.5. The number of aromatic nitrogens is 2. The smallest absolute Gasteiger partial charge is 0.169 e. The zero-order chi connectivity index (χ0) is 26.9. The first-order chi connectivity index (χ1) is 18.5. The Labute approximate surface area is 231 Å². The first-order valence-electron chi connectivity index (χ1n) is 14.1. The Hall–Kier alpha value is -2.36. The van der Waals surface area contributed by atoms with Gasteiger partial charge in [0.2, 0.25) is 0 Å². The molecule has 38 heavy (non-hydrogen) atoms. The maximum Gasteiger partial charge on any atom is 0.169 e. The van der Waals surface area contributed by atoms with Gasteiger partial charge in [0.25, 0.3) is 0 Å².